The molecule has 0 spiro atoms. The minimum absolute atomic E-state index is 0.0155. The number of carbonyl (C=O) groups excluding carboxylic acids is 1. The molecule has 1 heterocycles. The quantitative estimate of drug-likeness (QED) is 0.653. The second kappa shape index (κ2) is 7.33. The van der Waals surface area contributed by atoms with Crippen LogP contribution in [0.25, 0.3) is 0 Å². The van der Waals surface area contributed by atoms with Gasteiger partial charge in [-0.1, -0.05) is 18.2 Å². The van der Waals surface area contributed by atoms with Gasteiger partial charge in [0.05, 0.1) is 17.5 Å². The van der Waals surface area contributed by atoms with Crippen molar-refractivity contribution in [1.29, 1.82) is 0 Å². The van der Waals surface area contributed by atoms with Crippen molar-refractivity contribution in [2.45, 2.75) is 25.4 Å². The SMILES string of the molecule is CN(Cc1ccccc1[N+](=O)[O-])C(=O)C(N)C1CCOCC1. The zero-order valence-corrected chi connectivity index (χ0v) is 12.6. The molecule has 1 aromatic rings. The Morgan fingerprint density at radius 1 is 1.45 bits per heavy atom. The molecule has 1 amide bonds. The molecular formula is C15H21N3O4. The fourth-order valence-corrected chi connectivity index (χ4v) is 2.69. The van der Waals surface area contributed by atoms with Gasteiger partial charge in [-0.2, -0.15) is 0 Å². The van der Waals surface area contributed by atoms with E-state index in [0.717, 1.165) is 12.8 Å². The third-order valence-electron chi connectivity index (χ3n) is 4.03. The van der Waals surface area contributed by atoms with Crippen LogP contribution in [0.4, 0.5) is 5.69 Å². The van der Waals surface area contributed by atoms with Crippen LogP contribution in [0.15, 0.2) is 24.3 Å². The summed E-state index contributed by atoms with van der Waals surface area (Å²) in [6.45, 7) is 1.42. The molecule has 1 aromatic carbocycles. The highest BCUT2D eigenvalue weighted by Gasteiger charge is 2.29. The van der Waals surface area contributed by atoms with Crippen molar-refractivity contribution in [2.24, 2.45) is 11.7 Å². The van der Waals surface area contributed by atoms with E-state index < -0.39 is 11.0 Å². The number of nitrogens with two attached hydrogens (primary N) is 1. The molecule has 1 aliphatic rings. The molecular weight excluding hydrogens is 286 g/mol. The molecule has 0 saturated carbocycles. The fourth-order valence-electron chi connectivity index (χ4n) is 2.69. The van der Waals surface area contributed by atoms with Crippen LogP contribution in [0.2, 0.25) is 0 Å². The van der Waals surface area contributed by atoms with Gasteiger partial charge in [0, 0.05) is 31.9 Å². The molecule has 2 N–H and O–H groups in total. The van der Waals surface area contributed by atoms with Crippen molar-refractivity contribution in [3.63, 3.8) is 0 Å². The average molecular weight is 307 g/mol. The summed E-state index contributed by atoms with van der Waals surface area (Å²) < 4.78 is 5.27. The first-order valence-electron chi connectivity index (χ1n) is 7.31. The van der Waals surface area contributed by atoms with E-state index in [9.17, 15) is 14.9 Å². The summed E-state index contributed by atoms with van der Waals surface area (Å²) in [6.07, 6.45) is 1.54. The third kappa shape index (κ3) is 3.80. The van der Waals surface area contributed by atoms with Crippen LogP contribution in [-0.2, 0) is 16.1 Å². The summed E-state index contributed by atoms with van der Waals surface area (Å²) in [6, 6.07) is 5.83. The van der Waals surface area contributed by atoms with Gasteiger partial charge in [-0.15, -0.1) is 0 Å². The largest absolute Gasteiger partial charge is 0.381 e. The van der Waals surface area contributed by atoms with Crippen LogP contribution >= 0.6 is 0 Å². The van der Waals surface area contributed by atoms with Crippen molar-refractivity contribution in [2.75, 3.05) is 20.3 Å². The lowest BCUT2D eigenvalue weighted by Crippen LogP contribution is -2.47. The van der Waals surface area contributed by atoms with Crippen LogP contribution in [0.5, 0.6) is 0 Å². The third-order valence-corrected chi connectivity index (χ3v) is 4.03. The van der Waals surface area contributed by atoms with Gasteiger partial charge in [0.1, 0.15) is 0 Å². The molecule has 0 aliphatic carbocycles. The topological polar surface area (TPSA) is 98.7 Å². The van der Waals surface area contributed by atoms with Crippen molar-refractivity contribution >= 4 is 11.6 Å². The average Bonchev–Trinajstić information content (AvgIpc) is 2.54. The fraction of sp³-hybridized carbons (Fsp3) is 0.533. The van der Waals surface area contributed by atoms with Crippen molar-refractivity contribution in [3.05, 3.63) is 39.9 Å². The van der Waals surface area contributed by atoms with E-state index in [1.54, 1.807) is 25.2 Å². The van der Waals surface area contributed by atoms with E-state index in [2.05, 4.69) is 0 Å². The summed E-state index contributed by atoms with van der Waals surface area (Å²) in [7, 11) is 1.62. The number of nitro benzene ring substituents is 1. The molecule has 120 valence electrons. The van der Waals surface area contributed by atoms with Gasteiger partial charge >= 0.3 is 0 Å². The summed E-state index contributed by atoms with van der Waals surface area (Å²) in [5.74, 6) is -0.0838. The Morgan fingerprint density at radius 2 is 2.09 bits per heavy atom. The first kappa shape index (κ1) is 16.4. The molecule has 22 heavy (non-hydrogen) atoms. The number of amides is 1. The van der Waals surface area contributed by atoms with Crippen LogP contribution in [0.1, 0.15) is 18.4 Å². The Labute approximate surface area is 129 Å². The summed E-state index contributed by atoms with van der Waals surface area (Å²) in [5.41, 5.74) is 6.58. The van der Waals surface area contributed by atoms with E-state index in [1.165, 1.54) is 11.0 Å². The lowest BCUT2D eigenvalue weighted by molar-refractivity contribution is -0.385. The first-order chi connectivity index (χ1) is 10.5. The van der Waals surface area contributed by atoms with Gasteiger partial charge in [-0.05, 0) is 18.8 Å². The Morgan fingerprint density at radius 3 is 2.73 bits per heavy atom. The van der Waals surface area contributed by atoms with E-state index in [0.29, 0.717) is 18.8 Å². The van der Waals surface area contributed by atoms with Gasteiger partial charge in [-0.25, -0.2) is 0 Å². The second-order valence-corrected chi connectivity index (χ2v) is 5.56. The van der Waals surface area contributed by atoms with Gasteiger partial charge in [-0.3, -0.25) is 14.9 Å². The molecule has 0 aromatic heterocycles. The highest BCUT2D eigenvalue weighted by molar-refractivity contribution is 5.81. The summed E-state index contributed by atoms with van der Waals surface area (Å²) >= 11 is 0. The van der Waals surface area contributed by atoms with E-state index >= 15 is 0 Å². The maximum absolute atomic E-state index is 12.4. The van der Waals surface area contributed by atoms with Gasteiger partial charge in [0.15, 0.2) is 0 Å². The number of carbonyl (C=O) groups is 1. The normalized spacial score (nSPS) is 17.0. The van der Waals surface area contributed by atoms with Crippen LogP contribution in [-0.4, -0.2) is 42.0 Å². The van der Waals surface area contributed by atoms with Crippen molar-refractivity contribution in [3.8, 4) is 0 Å². The Balaban J connectivity index is 2.03. The number of benzene rings is 1. The minimum atomic E-state index is -0.586. The molecule has 1 saturated heterocycles. The number of para-hydroxylation sites is 1. The highest BCUT2D eigenvalue weighted by Crippen LogP contribution is 2.22. The number of ether oxygens (including phenoxy) is 1. The number of nitro groups is 1. The molecule has 0 bridgehead atoms. The monoisotopic (exact) mass is 307 g/mol. The Kier molecular flexibility index (Phi) is 5.46. The number of hydrogen-bond acceptors (Lipinski definition) is 5. The smallest absolute Gasteiger partial charge is 0.274 e. The molecule has 0 radical (unpaired) electrons. The lowest BCUT2D eigenvalue weighted by atomic mass is 9.91. The van der Waals surface area contributed by atoms with Crippen LogP contribution in [0, 0.1) is 16.0 Å². The number of rotatable bonds is 5. The second-order valence-electron chi connectivity index (χ2n) is 5.56. The maximum Gasteiger partial charge on any atom is 0.274 e. The van der Waals surface area contributed by atoms with E-state index in [1.807, 2.05) is 0 Å². The van der Waals surface area contributed by atoms with Gasteiger partial charge in [0.25, 0.3) is 5.69 Å². The van der Waals surface area contributed by atoms with Gasteiger partial charge < -0.3 is 15.4 Å². The van der Waals surface area contributed by atoms with Crippen LogP contribution < -0.4 is 5.73 Å². The predicted molar refractivity (Wildman–Crippen MR) is 81.1 cm³/mol. The van der Waals surface area contributed by atoms with Crippen molar-refractivity contribution < 1.29 is 14.5 Å². The molecule has 1 aliphatic heterocycles. The standard InChI is InChI=1S/C15H21N3O4/c1-17(10-12-4-2-3-5-13(12)18(20)21)15(19)14(16)11-6-8-22-9-7-11/h2-5,11,14H,6-10,16H2,1H3. The lowest BCUT2D eigenvalue weighted by Gasteiger charge is -2.29. The van der Waals surface area contributed by atoms with Crippen molar-refractivity contribution in [1.82, 2.24) is 4.90 Å². The van der Waals surface area contributed by atoms with Gasteiger partial charge in [0.2, 0.25) is 5.91 Å². The number of nitrogens with zero attached hydrogens (tertiary/aromatic N) is 2. The predicted octanol–water partition coefficient (Wildman–Crippen LogP) is 1.31. The number of hydrogen-bond donors (Lipinski definition) is 1. The molecule has 1 atom stereocenters. The summed E-state index contributed by atoms with van der Waals surface area (Å²) in [5, 5.41) is 11.0. The molecule has 1 unspecified atom stereocenters. The van der Waals surface area contributed by atoms with Crippen LogP contribution in [0.3, 0.4) is 0 Å². The highest BCUT2D eigenvalue weighted by atomic mass is 16.6. The summed E-state index contributed by atoms with van der Waals surface area (Å²) in [4.78, 5) is 24.5. The minimum Gasteiger partial charge on any atom is -0.381 e. The molecule has 2 rings (SSSR count). The molecule has 1 fully saturated rings. The Hall–Kier alpha value is -1.99. The zero-order chi connectivity index (χ0) is 16.1. The molecule has 7 heteroatoms. The zero-order valence-electron chi connectivity index (χ0n) is 12.6. The van der Waals surface area contributed by atoms with E-state index in [4.69, 9.17) is 10.5 Å². The maximum atomic E-state index is 12.4. The Bertz CT molecular complexity index is 543. The molecule has 7 nitrogen and oxygen atoms in total. The number of likely N-dealkylation sites (N-methyl/N-ethyl adjacent to an activating group) is 1. The first-order valence-corrected chi connectivity index (χ1v) is 7.31. The van der Waals surface area contributed by atoms with E-state index in [-0.39, 0.29) is 24.1 Å².